The number of benzene rings is 2. The number of para-hydroxylation sites is 1. The number of carbonyl (C=O) groups is 2. The van der Waals surface area contributed by atoms with E-state index in [1.165, 1.54) is 17.7 Å². The maximum Gasteiger partial charge on any atom is 0.284 e. The zero-order valence-electron chi connectivity index (χ0n) is 23.6. The van der Waals surface area contributed by atoms with Gasteiger partial charge in [0.25, 0.3) is 11.8 Å². The number of ether oxygens (including phenoxy) is 2. The fraction of sp³-hybridized carbons (Fsp3) is 0.367. The minimum atomic E-state index is -0.315. The molecular formula is C30H34N6O4S. The summed E-state index contributed by atoms with van der Waals surface area (Å²) < 4.78 is 13.1. The van der Waals surface area contributed by atoms with Crippen LogP contribution in [0.15, 0.2) is 61.2 Å². The number of aromatic nitrogens is 3. The van der Waals surface area contributed by atoms with Crippen LogP contribution in [0.5, 0.6) is 5.75 Å². The van der Waals surface area contributed by atoms with Crippen molar-refractivity contribution in [2.45, 2.75) is 32.5 Å². The Labute approximate surface area is 243 Å². The van der Waals surface area contributed by atoms with Crippen LogP contribution in [0, 0.1) is 5.92 Å². The van der Waals surface area contributed by atoms with Crippen molar-refractivity contribution in [3.05, 3.63) is 77.3 Å². The summed E-state index contributed by atoms with van der Waals surface area (Å²) in [7, 11) is 3.45. The molecule has 10 nitrogen and oxygen atoms in total. The van der Waals surface area contributed by atoms with Crippen LogP contribution in [0.25, 0.3) is 10.2 Å². The van der Waals surface area contributed by atoms with Crippen molar-refractivity contribution in [3.8, 4) is 5.75 Å². The van der Waals surface area contributed by atoms with Gasteiger partial charge in [-0.3, -0.25) is 14.5 Å². The second-order valence-electron chi connectivity index (χ2n) is 10.4. The molecule has 11 heteroatoms. The predicted octanol–water partition coefficient (Wildman–Crippen LogP) is 4.34. The molecule has 0 saturated heterocycles. The summed E-state index contributed by atoms with van der Waals surface area (Å²) in [5, 5.41) is 3.28. The third kappa shape index (κ3) is 6.70. The van der Waals surface area contributed by atoms with Gasteiger partial charge in [-0.05, 0) is 37.1 Å². The maximum absolute atomic E-state index is 13.5. The average Bonchev–Trinajstić information content (AvgIpc) is 3.43. The molecule has 3 heterocycles. The van der Waals surface area contributed by atoms with Crippen LogP contribution in [0.1, 0.15) is 39.6 Å². The van der Waals surface area contributed by atoms with E-state index >= 15 is 0 Å². The zero-order chi connectivity index (χ0) is 28.9. The standard InChI is InChI=1S/C30H34N6O4S/c1-19-14-36(15-21-12-31-18-32-13-21)20(2)17-40-25-11-22(9-10-23(25)30(38)35(3)16-26(19)39-4)33-28(37)29-34-24-7-5-6-8-27(24)41-29/h5-13,18-20,26H,14-17H2,1-4H3,(H,33,37)/t19-,20+,26-/m0/s1. The molecule has 1 N–H and O–H groups in total. The van der Waals surface area contributed by atoms with Gasteiger partial charge in [-0.25, -0.2) is 15.0 Å². The first kappa shape index (κ1) is 28.6. The number of methoxy groups -OCH3 is 1. The Hall–Kier alpha value is -3.93. The second kappa shape index (κ2) is 12.7. The fourth-order valence-electron chi connectivity index (χ4n) is 4.95. The predicted molar refractivity (Wildman–Crippen MR) is 158 cm³/mol. The molecule has 5 rings (SSSR count). The number of rotatable bonds is 5. The van der Waals surface area contributed by atoms with Crippen LogP contribution in [0.4, 0.5) is 5.69 Å². The van der Waals surface area contributed by atoms with Crippen molar-refractivity contribution in [2.24, 2.45) is 5.92 Å². The molecule has 0 fully saturated rings. The highest BCUT2D eigenvalue weighted by atomic mass is 32.1. The smallest absolute Gasteiger partial charge is 0.284 e. The lowest BCUT2D eigenvalue weighted by atomic mass is 10.0. The number of amides is 2. The normalized spacial score (nSPS) is 20.5. The number of hydrogen-bond donors (Lipinski definition) is 1. The minimum Gasteiger partial charge on any atom is -0.491 e. The molecule has 1 aliphatic heterocycles. The highest BCUT2D eigenvalue weighted by molar-refractivity contribution is 7.20. The molecule has 3 atom stereocenters. The molecule has 0 radical (unpaired) electrons. The number of nitrogens with zero attached hydrogens (tertiary/aromatic N) is 5. The molecule has 41 heavy (non-hydrogen) atoms. The number of hydrogen-bond acceptors (Lipinski definition) is 9. The van der Waals surface area contributed by atoms with E-state index in [0.29, 0.717) is 41.7 Å². The van der Waals surface area contributed by atoms with Gasteiger partial charge in [-0.2, -0.15) is 0 Å². The number of carbonyl (C=O) groups excluding carboxylic acids is 2. The fourth-order valence-corrected chi connectivity index (χ4v) is 5.81. The molecule has 2 aromatic carbocycles. The van der Waals surface area contributed by atoms with E-state index in [9.17, 15) is 9.59 Å². The SMILES string of the molecule is CO[C@H]1CN(C)C(=O)c2ccc(NC(=O)c3nc4ccccc4s3)cc2OC[C@@H](C)N(Cc2cncnc2)C[C@@H]1C. The lowest BCUT2D eigenvalue weighted by Crippen LogP contribution is -2.46. The second-order valence-corrected chi connectivity index (χ2v) is 11.5. The lowest BCUT2D eigenvalue weighted by molar-refractivity contribution is 0.00918. The highest BCUT2D eigenvalue weighted by Crippen LogP contribution is 2.28. The Morgan fingerprint density at radius 1 is 1.15 bits per heavy atom. The number of likely N-dealkylation sites (N-methyl/N-ethyl adjacent to an activating group) is 1. The summed E-state index contributed by atoms with van der Waals surface area (Å²) in [6.45, 7) is 6.35. The van der Waals surface area contributed by atoms with Crippen LogP contribution in [-0.4, -0.2) is 82.6 Å². The van der Waals surface area contributed by atoms with Gasteiger partial charge in [0.2, 0.25) is 0 Å². The molecule has 0 unspecified atom stereocenters. The van der Waals surface area contributed by atoms with Gasteiger partial charge in [0.1, 0.15) is 18.7 Å². The summed E-state index contributed by atoms with van der Waals surface area (Å²) in [5.41, 5.74) is 2.72. The van der Waals surface area contributed by atoms with Crippen LogP contribution >= 0.6 is 11.3 Å². The summed E-state index contributed by atoms with van der Waals surface area (Å²) in [4.78, 5) is 43.3. The van der Waals surface area contributed by atoms with Crippen molar-refractivity contribution in [1.82, 2.24) is 24.8 Å². The number of thiazole rings is 1. The van der Waals surface area contributed by atoms with Crippen molar-refractivity contribution in [1.29, 1.82) is 0 Å². The van der Waals surface area contributed by atoms with Crippen LogP contribution < -0.4 is 10.1 Å². The number of fused-ring (bicyclic) bond motifs is 2. The van der Waals surface area contributed by atoms with Crippen molar-refractivity contribution in [3.63, 3.8) is 0 Å². The van der Waals surface area contributed by atoms with Gasteiger partial charge in [-0.15, -0.1) is 11.3 Å². The first-order valence-corrected chi connectivity index (χ1v) is 14.3. The van der Waals surface area contributed by atoms with Gasteiger partial charge in [0, 0.05) is 69.5 Å². The van der Waals surface area contributed by atoms with Gasteiger partial charge >= 0.3 is 0 Å². The quantitative estimate of drug-likeness (QED) is 0.375. The van der Waals surface area contributed by atoms with Crippen LogP contribution in [0.2, 0.25) is 0 Å². The molecule has 214 valence electrons. The lowest BCUT2D eigenvalue weighted by Gasteiger charge is -2.36. The molecule has 1 aliphatic rings. The Kier molecular flexibility index (Phi) is 8.87. The average molecular weight is 575 g/mol. The summed E-state index contributed by atoms with van der Waals surface area (Å²) in [6.07, 6.45) is 4.99. The Balaban J connectivity index is 1.42. The zero-order valence-corrected chi connectivity index (χ0v) is 24.4. The van der Waals surface area contributed by atoms with Gasteiger partial charge in [0.15, 0.2) is 5.01 Å². The monoisotopic (exact) mass is 574 g/mol. The summed E-state index contributed by atoms with van der Waals surface area (Å²) in [5.74, 6) is 0.0526. The molecule has 2 aromatic heterocycles. The Morgan fingerprint density at radius 2 is 1.93 bits per heavy atom. The molecule has 0 aliphatic carbocycles. The first-order valence-electron chi connectivity index (χ1n) is 13.5. The largest absolute Gasteiger partial charge is 0.491 e. The number of anilines is 1. The molecule has 0 saturated carbocycles. The molecule has 4 aromatic rings. The topological polar surface area (TPSA) is 110 Å². The molecule has 0 spiro atoms. The minimum absolute atomic E-state index is 0.00346. The van der Waals surface area contributed by atoms with E-state index in [4.69, 9.17) is 9.47 Å². The number of nitrogens with one attached hydrogen (secondary N) is 1. The van der Waals surface area contributed by atoms with Crippen LogP contribution in [-0.2, 0) is 11.3 Å². The van der Waals surface area contributed by atoms with Gasteiger partial charge in [0.05, 0.1) is 21.9 Å². The van der Waals surface area contributed by atoms with Crippen molar-refractivity contribution < 1.29 is 19.1 Å². The van der Waals surface area contributed by atoms with Crippen LogP contribution in [0.3, 0.4) is 0 Å². The maximum atomic E-state index is 13.5. The van der Waals surface area contributed by atoms with E-state index in [1.54, 1.807) is 37.3 Å². The van der Waals surface area contributed by atoms with Crippen molar-refractivity contribution in [2.75, 3.05) is 39.2 Å². The van der Waals surface area contributed by atoms with E-state index in [2.05, 4.69) is 39.0 Å². The Bertz CT molecular complexity index is 1480. The Morgan fingerprint density at radius 3 is 2.68 bits per heavy atom. The first-order chi connectivity index (χ1) is 19.8. The molecular weight excluding hydrogens is 540 g/mol. The molecule has 2 amide bonds. The third-order valence-electron chi connectivity index (χ3n) is 7.32. The van der Waals surface area contributed by atoms with Gasteiger partial charge in [-0.1, -0.05) is 19.1 Å². The van der Waals surface area contributed by atoms with E-state index < -0.39 is 0 Å². The van der Waals surface area contributed by atoms with Crippen molar-refractivity contribution >= 4 is 39.1 Å². The summed E-state index contributed by atoms with van der Waals surface area (Å²) >= 11 is 1.33. The summed E-state index contributed by atoms with van der Waals surface area (Å²) in [6, 6.07) is 12.7. The van der Waals surface area contributed by atoms with Gasteiger partial charge < -0.3 is 19.7 Å². The highest BCUT2D eigenvalue weighted by Gasteiger charge is 2.28. The van der Waals surface area contributed by atoms with E-state index in [0.717, 1.165) is 22.3 Å². The molecule has 0 bridgehead atoms. The third-order valence-corrected chi connectivity index (χ3v) is 8.36. The van der Waals surface area contributed by atoms with E-state index in [-0.39, 0.29) is 29.9 Å². The van der Waals surface area contributed by atoms with E-state index in [1.807, 2.05) is 36.7 Å².